The highest BCUT2D eigenvalue weighted by Gasteiger charge is 2.16. The van der Waals surface area contributed by atoms with E-state index in [0.29, 0.717) is 16.7 Å². The second-order valence-electron chi connectivity index (χ2n) is 3.57. The van der Waals surface area contributed by atoms with Crippen LogP contribution in [0.2, 0.25) is 0 Å². The maximum absolute atomic E-state index is 13.1. The van der Waals surface area contributed by atoms with Crippen LogP contribution in [0.5, 0.6) is 0 Å². The summed E-state index contributed by atoms with van der Waals surface area (Å²) in [6.07, 6.45) is 1.85. The van der Waals surface area contributed by atoms with Crippen LogP contribution in [0.25, 0.3) is 0 Å². The van der Waals surface area contributed by atoms with Gasteiger partial charge in [-0.15, -0.1) is 0 Å². The smallest absolute Gasteiger partial charge is 0.264 e. The van der Waals surface area contributed by atoms with Gasteiger partial charge >= 0.3 is 0 Å². The summed E-state index contributed by atoms with van der Waals surface area (Å²) in [7, 11) is 0. The Kier molecular flexibility index (Phi) is 3.93. The Bertz CT molecular complexity index is 429. The quantitative estimate of drug-likeness (QED) is 0.764. The van der Waals surface area contributed by atoms with Crippen LogP contribution in [-0.2, 0) is 16.0 Å². The fourth-order valence-corrected chi connectivity index (χ4v) is 2.17. The summed E-state index contributed by atoms with van der Waals surface area (Å²) in [5.74, 6) is -0.406. The standard InChI is InChI=1S/C10H11FINO3/c11-7-3-9(12)10(14)13(4-7)5-8-1-2-15-6-16-8/h3-4,8H,1-2,5-6H2/t8-/m1/s1. The van der Waals surface area contributed by atoms with Gasteiger partial charge in [-0.05, 0) is 35.1 Å². The summed E-state index contributed by atoms with van der Waals surface area (Å²) < 4.78 is 25.2. The van der Waals surface area contributed by atoms with Crippen molar-refractivity contribution in [1.82, 2.24) is 4.57 Å². The summed E-state index contributed by atoms with van der Waals surface area (Å²) in [6, 6.07) is 1.23. The minimum atomic E-state index is -0.406. The first-order chi connectivity index (χ1) is 7.66. The number of pyridine rings is 1. The van der Waals surface area contributed by atoms with Crippen LogP contribution in [0.15, 0.2) is 17.1 Å². The molecule has 1 aliphatic heterocycles. The van der Waals surface area contributed by atoms with E-state index in [1.807, 2.05) is 22.6 Å². The van der Waals surface area contributed by atoms with Gasteiger partial charge in [0.15, 0.2) is 0 Å². The van der Waals surface area contributed by atoms with Gasteiger partial charge in [0.1, 0.15) is 12.6 Å². The molecule has 6 heteroatoms. The topological polar surface area (TPSA) is 40.5 Å². The van der Waals surface area contributed by atoms with Crippen LogP contribution < -0.4 is 5.56 Å². The molecule has 2 rings (SSSR count). The van der Waals surface area contributed by atoms with Gasteiger partial charge in [-0.25, -0.2) is 4.39 Å². The molecule has 0 spiro atoms. The van der Waals surface area contributed by atoms with Gasteiger partial charge in [0.05, 0.1) is 22.8 Å². The summed E-state index contributed by atoms with van der Waals surface area (Å²) in [5, 5.41) is 0. The van der Waals surface area contributed by atoms with Crippen molar-refractivity contribution in [3.63, 3.8) is 0 Å². The van der Waals surface area contributed by atoms with Gasteiger partial charge in [0, 0.05) is 6.20 Å². The number of halogens is 2. The van der Waals surface area contributed by atoms with E-state index >= 15 is 0 Å². The molecule has 0 radical (unpaired) electrons. The van der Waals surface area contributed by atoms with Crippen molar-refractivity contribution in [3.05, 3.63) is 32.0 Å². The van der Waals surface area contributed by atoms with E-state index in [0.717, 1.165) is 6.42 Å². The lowest BCUT2D eigenvalue weighted by atomic mass is 10.2. The minimum absolute atomic E-state index is 0.0796. The SMILES string of the molecule is O=c1c(I)cc(F)cn1C[C@H]1CCOCO1. The average molecular weight is 339 g/mol. The van der Waals surface area contributed by atoms with Crippen LogP contribution in [-0.4, -0.2) is 24.1 Å². The predicted octanol–water partition coefficient (Wildman–Crippen LogP) is 1.35. The molecule has 0 amide bonds. The van der Waals surface area contributed by atoms with Gasteiger partial charge in [0.2, 0.25) is 0 Å². The zero-order valence-corrected chi connectivity index (χ0v) is 10.6. The number of aromatic nitrogens is 1. The summed E-state index contributed by atoms with van der Waals surface area (Å²) in [5.41, 5.74) is -0.183. The van der Waals surface area contributed by atoms with Crippen LogP contribution in [0.4, 0.5) is 4.39 Å². The van der Waals surface area contributed by atoms with Crippen LogP contribution in [0.1, 0.15) is 6.42 Å². The average Bonchev–Trinajstić information content (AvgIpc) is 2.27. The first-order valence-corrected chi connectivity index (χ1v) is 5.99. The maximum atomic E-state index is 13.1. The molecule has 88 valence electrons. The molecule has 16 heavy (non-hydrogen) atoms. The molecular weight excluding hydrogens is 328 g/mol. The number of hydrogen-bond donors (Lipinski definition) is 0. The molecule has 1 saturated heterocycles. The number of hydrogen-bond acceptors (Lipinski definition) is 3. The van der Waals surface area contributed by atoms with Crippen molar-refractivity contribution in [2.24, 2.45) is 0 Å². The molecule has 1 aromatic heterocycles. The van der Waals surface area contributed by atoms with Crippen molar-refractivity contribution in [1.29, 1.82) is 0 Å². The first-order valence-electron chi connectivity index (χ1n) is 4.91. The lowest BCUT2D eigenvalue weighted by Crippen LogP contribution is -2.33. The Morgan fingerprint density at radius 3 is 3.12 bits per heavy atom. The molecule has 0 aliphatic carbocycles. The van der Waals surface area contributed by atoms with E-state index in [4.69, 9.17) is 9.47 Å². The van der Waals surface area contributed by atoms with Crippen molar-refractivity contribution in [2.75, 3.05) is 13.4 Å². The zero-order valence-electron chi connectivity index (χ0n) is 8.49. The van der Waals surface area contributed by atoms with Crippen LogP contribution >= 0.6 is 22.6 Å². The second-order valence-corrected chi connectivity index (χ2v) is 4.73. The van der Waals surface area contributed by atoms with Crippen molar-refractivity contribution in [2.45, 2.75) is 19.1 Å². The minimum Gasteiger partial charge on any atom is -0.355 e. The molecule has 0 N–H and O–H groups in total. The third kappa shape index (κ3) is 2.80. The molecule has 1 fully saturated rings. The van der Waals surface area contributed by atoms with Gasteiger partial charge < -0.3 is 14.0 Å². The summed E-state index contributed by atoms with van der Waals surface area (Å²) in [4.78, 5) is 11.7. The largest absolute Gasteiger partial charge is 0.355 e. The Hall–Kier alpha value is -0.470. The third-order valence-electron chi connectivity index (χ3n) is 2.38. The van der Waals surface area contributed by atoms with Crippen LogP contribution in [0.3, 0.4) is 0 Å². The van der Waals surface area contributed by atoms with E-state index in [1.165, 1.54) is 16.8 Å². The van der Waals surface area contributed by atoms with E-state index in [-0.39, 0.29) is 18.5 Å². The normalized spacial score (nSPS) is 21.0. The van der Waals surface area contributed by atoms with E-state index in [9.17, 15) is 9.18 Å². The Balaban J connectivity index is 2.17. The number of nitrogens with zero attached hydrogens (tertiary/aromatic N) is 1. The molecule has 0 aromatic carbocycles. The molecular formula is C10H11FINO3. The first kappa shape index (κ1) is 12.0. The highest BCUT2D eigenvalue weighted by molar-refractivity contribution is 14.1. The maximum Gasteiger partial charge on any atom is 0.264 e. The van der Waals surface area contributed by atoms with E-state index in [2.05, 4.69) is 0 Å². The van der Waals surface area contributed by atoms with Crippen molar-refractivity contribution >= 4 is 22.6 Å². The molecule has 4 nitrogen and oxygen atoms in total. The highest BCUT2D eigenvalue weighted by Crippen LogP contribution is 2.09. The lowest BCUT2D eigenvalue weighted by molar-refractivity contribution is -0.142. The molecule has 1 atom stereocenters. The van der Waals surface area contributed by atoms with Crippen molar-refractivity contribution < 1.29 is 13.9 Å². The Morgan fingerprint density at radius 1 is 1.62 bits per heavy atom. The number of rotatable bonds is 2. The zero-order chi connectivity index (χ0) is 11.5. The fourth-order valence-electron chi connectivity index (χ4n) is 1.57. The summed E-state index contributed by atoms with van der Waals surface area (Å²) >= 11 is 1.83. The van der Waals surface area contributed by atoms with E-state index < -0.39 is 5.82 Å². The predicted molar refractivity (Wildman–Crippen MR) is 63.7 cm³/mol. The molecule has 1 aliphatic rings. The second kappa shape index (κ2) is 5.24. The molecule has 0 unspecified atom stereocenters. The highest BCUT2D eigenvalue weighted by atomic mass is 127. The molecule has 0 saturated carbocycles. The van der Waals surface area contributed by atoms with E-state index in [1.54, 1.807) is 0 Å². The monoisotopic (exact) mass is 339 g/mol. The van der Waals surface area contributed by atoms with Gasteiger partial charge in [0.25, 0.3) is 5.56 Å². The van der Waals surface area contributed by atoms with Gasteiger partial charge in [-0.1, -0.05) is 0 Å². The molecule has 2 heterocycles. The third-order valence-corrected chi connectivity index (χ3v) is 3.15. The number of ether oxygens (including phenoxy) is 2. The summed E-state index contributed by atoms with van der Waals surface area (Å²) in [6.45, 7) is 1.23. The van der Waals surface area contributed by atoms with Gasteiger partial charge in [-0.2, -0.15) is 0 Å². The van der Waals surface area contributed by atoms with Crippen LogP contribution in [0, 0.1) is 9.39 Å². The lowest BCUT2D eigenvalue weighted by Gasteiger charge is -2.23. The van der Waals surface area contributed by atoms with Gasteiger partial charge in [-0.3, -0.25) is 4.79 Å². The molecule has 1 aromatic rings. The molecule has 0 bridgehead atoms. The Labute approximate surface area is 105 Å². The Morgan fingerprint density at radius 2 is 2.44 bits per heavy atom. The fraction of sp³-hybridized carbons (Fsp3) is 0.500. The van der Waals surface area contributed by atoms with Crippen molar-refractivity contribution in [3.8, 4) is 0 Å².